The average Bonchev–Trinajstić information content (AvgIpc) is 3.08. The minimum absolute atomic E-state index is 0.145. The van der Waals surface area contributed by atoms with Gasteiger partial charge in [-0.3, -0.25) is 4.79 Å². The third-order valence-electron chi connectivity index (χ3n) is 9.70. The Balaban J connectivity index is 1.40. The van der Waals surface area contributed by atoms with Gasteiger partial charge in [0.25, 0.3) is 5.91 Å². The van der Waals surface area contributed by atoms with Crippen LogP contribution in [0.1, 0.15) is 60.0 Å². The summed E-state index contributed by atoms with van der Waals surface area (Å²) in [6.45, 7) is 1.53. The van der Waals surface area contributed by atoms with Crippen molar-refractivity contribution in [1.82, 2.24) is 4.72 Å². The third-order valence-corrected chi connectivity index (χ3v) is 11.3. The number of ether oxygens (including phenoxy) is 1. The second kappa shape index (κ2) is 11.8. The number of amides is 1. The molecule has 2 aliphatic heterocycles. The number of carbonyl (C=O) groups excluding carboxylic acids is 1. The van der Waals surface area contributed by atoms with Crippen LogP contribution in [0.15, 0.2) is 48.6 Å². The quantitative estimate of drug-likeness (QED) is 0.412. The number of sulfonamides is 1. The highest BCUT2D eigenvalue weighted by molar-refractivity contribution is 7.90. The van der Waals surface area contributed by atoms with Gasteiger partial charge in [-0.1, -0.05) is 29.8 Å². The number of anilines is 1. The molecule has 1 fully saturated rings. The van der Waals surface area contributed by atoms with Crippen LogP contribution < -0.4 is 14.4 Å². The summed E-state index contributed by atoms with van der Waals surface area (Å²) in [6.07, 6.45) is 8.89. The molecule has 226 valence electrons. The molecule has 4 aliphatic rings. The summed E-state index contributed by atoms with van der Waals surface area (Å²) in [7, 11) is -3.99. The molecule has 2 aromatic carbocycles. The monoisotopic (exact) mass is 614 g/mol. The summed E-state index contributed by atoms with van der Waals surface area (Å²) in [4.78, 5) is 15.5. The number of benzene rings is 2. The van der Waals surface area contributed by atoms with E-state index in [-0.39, 0.29) is 35.2 Å². The number of fused-ring (bicyclic) bond motifs is 4. The molecule has 42 heavy (non-hydrogen) atoms. The number of allylic oxidation sites excluding steroid dienone is 1. The minimum Gasteiger partial charge on any atom is -0.490 e. The van der Waals surface area contributed by atoms with Crippen LogP contribution in [-0.4, -0.2) is 62.7 Å². The Labute approximate surface area is 252 Å². The van der Waals surface area contributed by atoms with Gasteiger partial charge in [0.15, 0.2) is 0 Å². The maximum atomic E-state index is 13.2. The fourth-order valence-corrected chi connectivity index (χ4v) is 8.85. The highest BCUT2D eigenvalue weighted by Crippen LogP contribution is 2.46. The largest absolute Gasteiger partial charge is 0.490 e. The maximum Gasteiger partial charge on any atom is 0.264 e. The van der Waals surface area contributed by atoms with Crippen LogP contribution in [0.2, 0.25) is 5.02 Å². The van der Waals surface area contributed by atoms with Crippen molar-refractivity contribution < 1.29 is 28.2 Å². The van der Waals surface area contributed by atoms with E-state index in [1.807, 2.05) is 18.2 Å². The van der Waals surface area contributed by atoms with Crippen LogP contribution in [0.25, 0.3) is 0 Å². The Hall–Kier alpha value is -2.59. The van der Waals surface area contributed by atoms with Crippen molar-refractivity contribution in [3.8, 4) is 5.75 Å². The van der Waals surface area contributed by atoms with Crippen LogP contribution in [0.4, 0.5) is 5.69 Å². The van der Waals surface area contributed by atoms with Gasteiger partial charge in [-0.2, -0.15) is 0 Å². The van der Waals surface area contributed by atoms with Crippen LogP contribution in [-0.2, 0) is 21.9 Å². The summed E-state index contributed by atoms with van der Waals surface area (Å²) in [5.74, 6) is -0.571. The molecule has 2 aromatic rings. The molecule has 0 unspecified atom stereocenters. The number of rotatable bonds is 1. The van der Waals surface area contributed by atoms with Gasteiger partial charge in [0.05, 0.1) is 24.2 Å². The summed E-state index contributed by atoms with van der Waals surface area (Å²) in [5.41, 5.74) is 3.20. The summed E-state index contributed by atoms with van der Waals surface area (Å²) < 4.78 is 34.5. The van der Waals surface area contributed by atoms with Crippen molar-refractivity contribution >= 4 is 33.2 Å². The van der Waals surface area contributed by atoms with Gasteiger partial charge in [-0.15, -0.1) is 0 Å². The first-order valence-corrected chi connectivity index (χ1v) is 17.0. The molecule has 2 bridgehead atoms. The van der Waals surface area contributed by atoms with Crippen LogP contribution in [0.5, 0.6) is 5.75 Å². The van der Waals surface area contributed by atoms with Crippen LogP contribution in [0, 0.1) is 17.8 Å². The highest BCUT2D eigenvalue weighted by atomic mass is 35.5. The van der Waals surface area contributed by atoms with Crippen molar-refractivity contribution in [3.63, 3.8) is 0 Å². The summed E-state index contributed by atoms with van der Waals surface area (Å²) >= 11 is 6.38. The number of halogens is 1. The molecular formula is C32H39ClN2O6S. The molecule has 0 radical (unpaired) electrons. The lowest BCUT2D eigenvalue weighted by atomic mass is 9.68. The number of hydrogen-bond donors (Lipinski definition) is 3. The molecule has 1 spiro atoms. The fourth-order valence-electron chi connectivity index (χ4n) is 7.31. The van der Waals surface area contributed by atoms with E-state index in [1.54, 1.807) is 18.2 Å². The van der Waals surface area contributed by atoms with E-state index in [0.29, 0.717) is 38.3 Å². The number of carbonyl (C=O) groups is 1. The lowest BCUT2D eigenvalue weighted by Gasteiger charge is -2.45. The van der Waals surface area contributed by atoms with Crippen molar-refractivity contribution in [2.45, 2.75) is 56.5 Å². The number of nitrogens with one attached hydrogen (secondary N) is 1. The molecule has 0 saturated heterocycles. The van der Waals surface area contributed by atoms with E-state index < -0.39 is 28.0 Å². The lowest BCUT2D eigenvalue weighted by molar-refractivity contribution is 0.0177. The fraction of sp³-hybridized carbons (Fsp3) is 0.531. The van der Waals surface area contributed by atoms with Crippen molar-refractivity contribution in [2.75, 3.05) is 37.0 Å². The van der Waals surface area contributed by atoms with Gasteiger partial charge in [0, 0.05) is 41.6 Å². The number of nitrogens with zero attached hydrogens (tertiary/aromatic N) is 1. The molecule has 2 aliphatic carbocycles. The molecular weight excluding hydrogens is 576 g/mol. The van der Waals surface area contributed by atoms with Crippen LogP contribution >= 0.6 is 11.6 Å². The van der Waals surface area contributed by atoms with Crippen LogP contribution in [0.3, 0.4) is 0 Å². The second-order valence-electron chi connectivity index (χ2n) is 12.6. The molecule has 1 saturated carbocycles. The molecule has 1 amide bonds. The van der Waals surface area contributed by atoms with Gasteiger partial charge >= 0.3 is 0 Å². The molecule has 3 N–H and O–H groups in total. The van der Waals surface area contributed by atoms with E-state index in [9.17, 15) is 23.4 Å². The predicted molar refractivity (Wildman–Crippen MR) is 163 cm³/mol. The Kier molecular flexibility index (Phi) is 8.30. The van der Waals surface area contributed by atoms with Crippen molar-refractivity contribution in [1.29, 1.82) is 0 Å². The van der Waals surface area contributed by atoms with Crippen molar-refractivity contribution in [3.05, 3.63) is 70.3 Å². The third kappa shape index (κ3) is 5.94. The first kappa shape index (κ1) is 29.5. The zero-order valence-corrected chi connectivity index (χ0v) is 25.2. The molecule has 8 nitrogen and oxygen atoms in total. The average molecular weight is 615 g/mol. The van der Waals surface area contributed by atoms with Gasteiger partial charge in [-0.05, 0) is 98.2 Å². The number of hydrogen-bond acceptors (Lipinski definition) is 7. The Morgan fingerprint density at radius 2 is 1.95 bits per heavy atom. The molecule has 10 heteroatoms. The van der Waals surface area contributed by atoms with E-state index in [0.717, 1.165) is 42.8 Å². The van der Waals surface area contributed by atoms with E-state index >= 15 is 0 Å². The molecule has 2 heterocycles. The number of aliphatic hydroxyl groups excluding tert-OH is 2. The summed E-state index contributed by atoms with van der Waals surface area (Å²) in [6, 6.07) is 11.2. The van der Waals surface area contributed by atoms with E-state index in [4.69, 9.17) is 16.3 Å². The van der Waals surface area contributed by atoms with Gasteiger partial charge in [0.2, 0.25) is 10.0 Å². The predicted octanol–water partition coefficient (Wildman–Crippen LogP) is 4.22. The SMILES string of the molecule is O=C1NS(=O)(=O)C[C@H](CO)C/C=C\C[C@H](O)[C@@H]2CC[C@H]2CN2C[C@@]3(CCCc4cc(Cl)ccc43)COc3ccc1cc32. The smallest absolute Gasteiger partial charge is 0.264 e. The number of aliphatic hydroxyl groups is 2. The molecule has 6 rings (SSSR count). The molecule has 5 atom stereocenters. The zero-order chi connectivity index (χ0) is 29.5. The zero-order valence-electron chi connectivity index (χ0n) is 23.7. The standard InChI is InChI=1S/C32H39ClN2O6S/c33-25-9-11-27-22(14-25)5-3-13-32(27)19-35-16-24-7-10-26(24)29(37)6-2-1-4-21(17-36)18-42(39,40)34-31(38)23-8-12-30(41-20-32)28(35)15-23/h1-2,8-9,11-12,14-15,21,24,26,29,36-37H,3-7,10,13,16-20H2,(H,34,38)/b2-1-/t21-,24-,26+,29-,32-/m0/s1. The highest BCUT2D eigenvalue weighted by Gasteiger charge is 2.44. The first-order valence-electron chi connectivity index (χ1n) is 15.0. The number of aryl methyl sites for hydroxylation is 1. The lowest BCUT2D eigenvalue weighted by Crippen LogP contribution is -2.49. The normalized spacial score (nSPS) is 31.8. The molecule has 0 aromatic heterocycles. The Bertz CT molecular complexity index is 1480. The maximum absolute atomic E-state index is 13.2. The van der Waals surface area contributed by atoms with Crippen molar-refractivity contribution in [2.24, 2.45) is 17.8 Å². The van der Waals surface area contributed by atoms with E-state index in [2.05, 4.69) is 21.8 Å². The first-order chi connectivity index (χ1) is 20.2. The summed E-state index contributed by atoms with van der Waals surface area (Å²) in [5, 5.41) is 21.6. The van der Waals surface area contributed by atoms with Gasteiger partial charge in [-0.25, -0.2) is 13.1 Å². The van der Waals surface area contributed by atoms with Gasteiger partial charge < -0.3 is 19.8 Å². The Morgan fingerprint density at radius 3 is 2.74 bits per heavy atom. The van der Waals surface area contributed by atoms with E-state index in [1.165, 1.54) is 11.1 Å². The Morgan fingerprint density at radius 1 is 1.12 bits per heavy atom. The minimum atomic E-state index is -3.99. The second-order valence-corrected chi connectivity index (χ2v) is 14.8. The van der Waals surface area contributed by atoms with Gasteiger partial charge in [0.1, 0.15) is 5.75 Å². The topological polar surface area (TPSA) is 116 Å².